The first-order valence-corrected chi connectivity index (χ1v) is 6.63. The molecule has 0 radical (unpaired) electrons. The highest BCUT2D eigenvalue weighted by Crippen LogP contribution is 2.28. The Balaban J connectivity index is 2.20. The number of nitrogen functional groups attached to an aromatic ring is 1. The van der Waals surface area contributed by atoms with Crippen molar-refractivity contribution in [1.82, 2.24) is 0 Å². The number of hydrogen-bond acceptors (Lipinski definition) is 3. The molecule has 2 N–H and O–H groups in total. The zero-order valence-corrected chi connectivity index (χ0v) is 11.5. The molecular weight excluding hydrogens is 252 g/mol. The lowest BCUT2D eigenvalue weighted by atomic mass is 10.2. The minimum absolute atomic E-state index is 0.673. The molecule has 0 unspecified atom stereocenters. The second-order valence-electron chi connectivity index (χ2n) is 4.09. The van der Waals surface area contributed by atoms with Crippen LogP contribution in [0.1, 0.15) is 10.4 Å². The summed E-state index contributed by atoms with van der Waals surface area (Å²) in [6.45, 7) is 3.00. The highest BCUT2D eigenvalue weighted by atomic mass is 35.5. The van der Waals surface area contributed by atoms with Crippen molar-refractivity contribution in [3.05, 3.63) is 45.1 Å². The molecule has 4 heteroatoms. The van der Waals surface area contributed by atoms with Crippen LogP contribution in [-0.4, -0.2) is 7.05 Å². The van der Waals surface area contributed by atoms with Gasteiger partial charge in [-0.25, -0.2) is 0 Å². The topological polar surface area (TPSA) is 29.3 Å². The van der Waals surface area contributed by atoms with Crippen molar-refractivity contribution in [2.75, 3.05) is 17.7 Å². The largest absolute Gasteiger partial charge is 0.397 e. The quantitative estimate of drug-likeness (QED) is 0.853. The summed E-state index contributed by atoms with van der Waals surface area (Å²) in [5.74, 6) is 0. The van der Waals surface area contributed by atoms with Gasteiger partial charge in [-0.05, 0) is 42.1 Å². The van der Waals surface area contributed by atoms with E-state index in [1.54, 1.807) is 17.4 Å². The van der Waals surface area contributed by atoms with Crippen molar-refractivity contribution >= 4 is 34.3 Å². The summed E-state index contributed by atoms with van der Waals surface area (Å²) in [4.78, 5) is 3.51. The summed E-state index contributed by atoms with van der Waals surface area (Å²) < 4.78 is 0. The standard InChI is InChI=1S/C13H15ClN2S/c1-9-5-6-17-13(9)8-16(2)12-4-3-10(14)7-11(12)15/h3-7H,8,15H2,1-2H3. The van der Waals surface area contributed by atoms with Crippen LogP contribution >= 0.6 is 22.9 Å². The van der Waals surface area contributed by atoms with Crippen LogP contribution in [0.3, 0.4) is 0 Å². The maximum absolute atomic E-state index is 5.97. The Hall–Kier alpha value is -1.19. The van der Waals surface area contributed by atoms with Gasteiger partial charge in [0.2, 0.25) is 0 Å². The van der Waals surface area contributed by atoms with Gasteiger partial charge >= 0.3 is 0 Å². The summed E-state index contributed by atoms with van der Waals surface area (Å²) in [5, 5.41) is 2.79. The molecule has 17 heavy (non-hydrogen) atoms. The van der Waals surface area contributed by atoms with Crippen LogP contribution in [0.5, 0.6) is 0 Å². The van der Waals surface area contributed by atoms with E-state index in [0.29, 0.717) is 10.7 Å². The molecule has 2 rings (SSSR count). The second-order valence-corrected chi connectivity index (χ2v) is 5.52. The van der Waals surface area contributed by atoms with E-state index < -0.39 is 0 Å². The Labute approximate surface area is 111 Å². The number of halogens is 1. The fourth-order valence-electron chi connectivity index (χ4n) is 1.74. The van der Waals surface area contributed by atoms with Gasteiger partial charge in [0.05, 0.1) is 17.9 Å². The Kier molecular flexibility index (Phi) is 3.60. The molecule has 0 aliphatic carbocycles. The molecule has 1 aromatic heterocycles. The number of thiophene rings is 1. The summed E-state index contributed by atoms with van der Waals surface area (Å²) in [5.41, 5.74) is 9.03. The van der Waals surface area contributed by atoms with E-state index in [9.17, 15) is 0 Å². The molecule has 0 spiro atoms. The first-order chi connectivity index (χ1) is 8.08. The first-order valence-electron chi connectivity index (χ1n) is 5.37. The van der Waals surface area contributed by atoms with Gasteiger partial charge < -0.3 is 10.6 Å². The van der Waals surface area contributed by atoms with Crippen LogP contribution in [0.15, 0.2) is 29.6 Å². The van der Waals surface area contributed by atoms with Gasteiger partial charge in [-0.3, -0.25) is 0 Å². The fraction of sp³-hybridized carbons (Fsp3) is 0.231. The van der Waals surface area contributed by atoms with Crippen LogP contribution in [-0.2, 0) is 6.54 Å². The summed E-state index contributed by atoms with van der Waals surface area (Å²) >= 11 is 7.67. The predicted octanol–water partition coefficient (Wildman–Crippen LogP) is 3.93. The van der Waals surface area contributed by atoms with Crippen molar-refractivity contribution in [2.24, 2.45) is 0 Å². The molecule has 0 bridgehead atoms. The average Bonchev–Trinajstić information content (AvgIpc) is 2.64. The van der Waals surface area contributed by atoms with Gasteiger partial charge in [0, 0.05) is 16.9 Å². The third kappa shape index (κ3) is 2.73. The molecule has 1 aromatic carbocycles. The first kappa shape index (κ1) is 12.3. The van der Waals surface area contributed by atoms with E-state index in [-0.39, 0.29) is 0 Å². The summed E-state index contributed by atoms with van der Waals surface area (Å²) in [6, 6.07) is 7.75. The number of rotatable bonds is 3. The minimum atomic E-state index is 0.673. The van der Waals surface area contributed by atoms with Crippen molar-refractivity contribution < 1.29 is 0 Å². The Bertz CT molecular complexity index is 522. The third-order valence-corrected chi connectivity index (χ3v) is 3.99. The normalized spacial score (nSPS) is 10.5. The van der Waals surface area contributed by atoms with Crippen LogP contribution in [0, 0.1) is 6.92 Å². The van der Waals surface area contributed by atoms with E-state index in [4.69, 9.17) is 17.3 Å². The molecule has 2 nitrogen and oxygen atoms in total. The molecule has 0 aliphatic heterocycles. The average molecular weight is 267 g/mol. The molecule has 0 saturated heterocycles. The van der Waals surface area contributed by atoms with Crippen LogP contribution < -0.4 is 10.6 Å². The zero-order chi connectivity index (χ0) is 12.4. The lowest BCUT2D eigenvalue weighted by molar-refractivity contribution is 0.935. The summed E-state index contributed by atoms with van der Waals surface area (Å²) in [7, 11) is 2.04. The lowest BCUT2D eigenvalue weighted by Crippen LogP contribution is -2.17. The number of aryl methyl sites for hydroxylation is 1. The van der Waals surface area contributed by atoms with Gasteiger partial charge in [-0.15, -0.1) is 11.3 Å². The number of nitrogens with two attached hydrogens (primary N) is 1. The van der Waals surface area contributed by atoms with Crippen molar-refractivity contribution in [3.8, 4) is 0 Å². The van der Waals surface area contributed by atoms with Gasteiger partial charge in [-0.1, -0.05) is 11.6 Å². The number of hydrogen-bond donors (Lipinski definition) is 1. The molecule has 0 saturated carbocycles. The summed E-state index contributed by atoms with van der Waals surface area (Å²) in [6.07, 6.45) is 0. The molecular formula is C13H15ClN2S. The molecule has 1 heterocycles. The predicted molar refractivity (Wildman–Crippen MR) is 77.0 cm³/mol. The van der Waals surface area contributed by atoms with Gasteiger partial charge in [0.25, 0.3) is 0 Å². The second kappa shape index (κ2) is 4.98. The molecule has 0 amide bonds. The highest BCUT2D eigenvalue weighted by Gasteiger charge is 2.08. The zero-order valence-electron chi connectivity index (χ0n) is 9.90. The van der Waals surface area contributed by atoms with Crippen LogP contribution in [0.2, 0.25) is 5.02 Å². The van der Waals surface area contributed by atoms with Crippen molar-refractivity contribution in [1.29, 1.82) is 0 Å². The number of benzene rings is 1. The Morgan fingerprint density at radius 2 is 2.12 bits per heavy atom. The lowest BCUT2D eigenvalue weighted by Gasteiger charge is -2.21. The molecule has 0 aliphatic rings. The molecule has 0 fully saturated rings. The Morgan fingerprint density at radius 1 is 1.35 bits per heavy atom. The monoisotopic (exact) mass is 266 g/mol. The number of anilines is 2. The van der Waals surface area contributed by atoms with Crippen LogP contribution in [0.4, 0.5) is 11.4 Å². The van der Waals surface area contributed by atoms with E-state index in [1.165, 1.54) is 10.4 Å². The minimum Gasteiger partial charge on any atom is -0.397 e. The van der Waals surface area contributed by atoms with Crippen LogP contribution in [0.25, 0.3) is 0 Å². The van der Waals surface area contributed by atoms with Gasteiger partial charge in [-0.2, -0.15) is 0 Å². The molecule has 2 aromatic rings. The van der Waals surface area contributed by atoms with Crippen molar-refractivity contribution in [3.63, 3.8) is 0 Å². The van der Waals surface area contributed by atoms with E-state index in [2.05, 4.69) is 23.3 Å². The SMILES string of the molecule is Cc1ccsc1CN(C)c1ccc(Cl)cc1N. The third-order valence-electron chi connectivity index (χ3n) is 2.75. The van der Waals surface area contributed by atoms with Gasteiger partial charge in [0.15, 0.2) is 0 Å². The Morgan fingerprint density at radius 3 is 2.71 bits per heavy atom. The van der Waals surface area contributed by atoms with E-state index >= 15 is 0 Å². The number of nitrogens with zero attached hydrogens (tertiary/aromatic N) is 1. The van der Waals surface area contributed by atoms with Crippen molar-refractivity contribution in [2.45, 2.75) is 13.5 Å². The molecule has 90 valence electrons. The smallest absolute Gasteiger partial charge is 0.0601 e. The maximum Gasteiger partial charge on any atom is 0.0601 e. The molecule has 0 atom stereocenters. The van der Waals surface area contributed by atoms with Gasteiger partial charge in [0.1, 0.15) is 0 Å². The van der Waals surface area contributed by atoms with E-state index in [0.717, 1.165) is 12.2 Å². The fourth-order valence-corrected chi connectivity index (χ4v) is 2.88. The highest BCUT2D eigenvalue weighted by molar-refractivity contribution is 7.10. The van der Waals surface area contributed by atoms with E-state index in [1.807, 2.05) is 19.2 Å². The maximum atomic E-state index is 5.97.